The van der Waals surface area contributed by atoms with E-state index in [2.05, 4.69) is 31.5 Å². The van der Waals surface area contributed by atoms with Gasteiger partial charge in [-0.2, -0.15) is 0 Å². The van der Waals surface area contributed by atoms with Crippen LogP contribution in [0.15, 0.2) is 87.9 Å². The number of furan rings is 1. The number of anilines is 1. The summed E-state index contributed by atoms with van der Waals surface area (Å²) in [5, 5.41) is 6.76. The molecule has 38 heavy (non-hydrogen) atoms. The van der Waals surface area contributed by atoms with Crippen LogP contribution in [-0.2, 0) is 4.79 Å². The molecule has 194 valence electrons. The van der Waals surface area contributed by atoms with Crippen molar-refractivity contribution in [1.82, 2.24) is 15.2 Å². The van der Waals surface area contributed by atoms with Gasteiger partial charge in [0.2, 0.25) is 5.91 Å². The van der Waals surface area contributed by atoms with E-state index in [0.29, 0.717) is 39.1 Å². The summed E-state index contributed by atoms with van der Waals surface area (Å²) in [6.45, 7) is 0.344. The van der Waals surface area contributed by atoms with Crippen LogP contribution >= 0.6 is 28.1 Å². The molecule has 3 heterocycles. The summed E-state index contributed by atoms with van der Waals surface area (Å²) in [6.07, 6.45) is 1.91. The highest BCUT2D eigenvalue weighted by Gasteiger charge is 2.41. The third kappa shape index (κ3) is 5.41. The van der Waals surface area contributed by atoms with E-state index in [4.69, 9.17) is 21.4 Å². The molecule has 0 radical (unpaired) electrons. The number of nitrogens with zero attached hydrogens (tertiary/aromatic N) is 2. The molecule has 10 heteroatoms. The molecule has 0 unspecified atom stereocenters. The van der Waals surface area contributed by atoms with Crippen molar-refractivity contribution in [3.63, 3.8) is 0 Å². The molecule has 0 bridgehead atoms. The number of pyridine rings is 1. The number of aromatic nitrogens is 1. The van der Waals surface area contributed by atoms with Crippen LogP contribution in [0.5, 0.6) is 5.75 Å². The summed E-state index contributed by atoms with van der Waals surface area (Å²) < 4.78 is 25.9. The molecule has 2 N–H and O–H groups in total. The van der Waals surface area contributed by atoms with Crippen molar-refractivity contribution in [2.75, 3.05) is 19.0 Å². The number of carbonyl (C=O) groups excluding carboxylic acids is 1. The minimum Gasteiger partial charge on any atom is -0.495 e. The smallest absolute Gasteiger partial charge is 0.226 e. The van der Waals surface area contributed by atoms with Gasteiger partial charge in [-0.1, -0.05) is 18.2 Å². The lowest BCUT2D eigenvalue weighted by Gasteiger charge is -2.26. The number of methoxy groups -OCH3 is 1. The zero-order valence-electron chi connectivity index (χ0n) is 20.4. The van der Waals surface area contributed by atoms with Gasteiger partial charge in [-0.3, -0.25) is 9.78 Å². The van der Waals surface area contributed by atoms with Gasteiger partial charge < -0.3 is 24.7 Å². The largest absolute Gasteiger partial charge is 0.495 e. The molecule has 5 rings (SSSR count). The van der Waals surface area contributed by atoms with Gasteiger partial charge in [0.1, 0.15) is 29.1 Å². The van der Waals surface area contributed by atoms with Gasteiger partial charge in [0, 0.05) is 29.2 Å². The number of benzene rings is 2. The molecule has 4 aromatic rings. The summed E-state index contributed by atoms with van der Waals surface area (Å²) in [7, 11) is 1.56. The van der Waals surface area contributed by atoms with E-state index in [0.717, 1.165) is 11.3 Å². The second-order valence-corrected chi connectivity index (χ2v) is 9.89. The van der Waals surface area contributed by atoms with Crippen molar-refractivity contribution in [3.8, 4) is 17.1 Å². The van der Waals surface area contributed by atoms with Crippen molar-refractivity contribution in [2.45, 2.75) is 18.5 Å². The molecule has 2 aromatic carbocycles. The number of carbonyl (C=O) groups is 1. The van der Waals surface area contributed by atoms with Crippen LogP contribution in [0.2, 0.25) is 0 Å². The van der Waals surface area contributed by atoms with E-state index in [1.165, 1.54) is 12.1 Å². The maximum Gasteiger partial charge on any atom is 0.226 e. The van der Waals surface area contributed by atoms with Crippen molar-refractivity contribution in [2.24, 2.45) is 0 Å². The molecule has 0 aliphatic carbocycles. The Morgan fingerprint density at radius 2 is 2.00 bits per heavy atom. The van der Waals surface area contributed by atoms with Crippen molar-refractivity contribution < 1.29 is 18.3 Å². The van der Waals surface area contributed by atoms with Gasteiger partial charge in [-0.05, 0) is 82.7 Å². The van der Waals surface area contributed by atoms with E-state index in [1.807, 2.05) is 47.4 Å². The summed E-state index contributed by atoms with van der Waals surface area (Å²) in [5.41, 5.74) is 2.12. The minimum atomic E-state index is -0.357. The van der Waals surface area contributed by atoms with E-state index >= 15 is 0 Å². The van der Waals surface area contributed by atoms with Gasteiger partial charge in [-0.25, -0.2) is 4.39 Å². The SMILES string of the molecule is COc1ccccc1NC(=O)CCN1C(=S)N[C@@H](c2ccccn2)[C@H]1c1ccc(-c2ccc(F)cc2Br)o1. The first kappa shape index (κ1) is 25.9. The van der Waals surface area contributed by atoms with Crippen molar-refractivity contribution >= 4 is 44.9 Å². The lowest BCUT2D eigenvalue weighted by atomic mass is 10.0. The van der Waals surface area contributed by atoms with Gasteiger partial charge in [-0.15, -0.1) is 0 Å². The Labute approximate surface area is 233 Å². The third-order valence-electron chi connectivity index (χ3n) is 6.27. The second kappa shape index (κ2) is 11.3. The molecule has 1 aliphatic rings. The number of halogens is 2. The molecule has 2 atom stereocenters. The fourth-order valence-corrected chi connectivity index (χ4v) is 5.36. The second-order valence-electron chi connectivity index (χ2n) is 8.64. The summed E-state index contributed by atoms with van der Waals surface area (Å²) in [5.74, 6) is 1.29. The van der Waals surface area contributed by atoms with Crippen molar-refractivity contribution in [3.05, 3.63) is 101 Å². The van der Waals surface area contributed by atoms with E-state index in [9.17, 15) is 9.18 Å². The topological polar surface area (TPSA) is 79.6 Å². The minimum absolute atomic E-state index is 0.173. The first-order valence-electron chi connectivity index (χ1n) is 11.9. The van der Waals surface area contributed by atoms with Crippen LogP contribution in [0, 0.1) is 5.82 Å². The Balaban J connectivity index is 1.41. The predicted molar refractivity (Wildman–Crippen MR) is 150 cm³/mol. The van der Waals surface area contributed by atoms with Crippen LogP contribution in [-0.4, -0.2) is 34.6 Å². The van der Waals surface area contributed by atoms with Crippen LogP contribution in [0.25, 0.3) is 11.3 Å². The Morgan fingerprint density at radius 1 is 1.18 bits per heavy atom. The lowest BCUT2D eigenvalue weighted by Crippen LogP contribution is -2.32. The van der Waals surface area contributed by atoms with Gasteiger partial charge in [0.05, 0.1) is 24.5 Å². The van der Waals surface area contributed by atoms with Gasteiger partial charge in [0.15, 0.2) is 5.11 Å². The number of hydrogen-bond acceptors (Lipinski definition) is 5. The molecule has 1 fully saturated rings. The number of nitrogens with one attached hydrogen (secondary N) is 2. The number of amides is 1. The monoisotopic (exact) mass is 594 g/mol. The number of para-hydroxylation sites is 2. The first-order valence-corrected chi connectivity index (χ1v) is 13.1. The summed E-state index contributed by atoms with van der Waals surface area (Å²) in [6, 6.07) is 20.5. The Bertz CT molecular complexity index is 1470. The standard InChI is InChI=1S/C28H24BrFN4O3S/c1-36-23-8-3-2-6-20(23)32-25(35)13-15-34-27(26(33-28(34)38)21-7-4-5-14-31-21)24-12-11-22(37-24)18-10-9-17(30)16-19(18)29/h2-12,14,16,26-27H,13,15H2,1H3,(H,32,35)(H,33,38)/t26-,27+/m0/s1. The predicted octanol–water partition coefficient (Wildman–Crippen LogP) is 6.25. The number of hydrogen-bond donors (Lipinski definition) is 2. The zero-order valence-corrected chi connectivity index (χ0v) is 22.8. The van der Waals surface area contributed by atoms with E-state index in [1.54, 1.807) is 31.5 Å². The molecule has 1 amide bonds. The van der Waals surface area contributed by atoms with Gasteiger partial charge >= 0.3 is 0 Å². The summed E-state index contributed by atoms with van der Waals surface area (Å²) in [4.78, 5) is 19.3. The van der Waals surface area contributed by atoms with Crippen LogP contribution in [0.4, 0.5) is 10.1 Å². The number of thiocarbonyl (C=S) groups is 1. The number of rotatable bonds is 8. The molecule has 1 aliphatic heterocycles. The molecule has 1 saturated heterocycles. The highest BCUT2D eigenvalue weighted by molar-refractivity contribution is 9.10. The molecular weight excluding hydrogens is 571 g/mol. The van der Waals surface area contributed by atoms with Crippen LogP contribution < -0.4 is 15.4 Å². The molecule has 0 saturated carbocycles. The molecular formula is C28H24BrFN4O3S. The van der Waals surface area contributed by atoms with Crippen LogP contribution in [0.1, 0.15) is 30.0 Å². The third-order valence-corrected chi connectivity index (χ3v) is 7.28. The van der Waals surface area contributed by atoms with E-state index < -0.39 is 0 Å². The lowest BCUT2D eigenvalue weighted by molar-refractivity contribution is -0.116. The highest BCUT2D eigenvalue weighted by atomic mass is 79.9. The Hall–Kier alpha value is -3.76. The van der Waals surface area contributed by atoms with E-state index in [-0.39, 0.29) is 30.2 Å². The number of ether oxygens (including phenoxy) is 1. The van der Waals surface area contributed by atoms with Crippen LogP contribution in [0.3, 0.4) is 0 Å². The Morgan fingerprint density at radius 3 is 2.76 bits per heavy atom. The summed E-state index contributed by atoms with van der Waals surface area (Å²) >= 11 is 9.11. The normalized spacial score (nSPS) is 16.8. The average molecular weight is 595 g/mol. The van der Waals surface area contributed by atoms with Gasteiger partial charge in [0.25, 0.3) is 0 Å². The van der Waals surface area contributed by atoms with Crippen molar-refractivity contribution in [1.29, 1.82) is 0 Å². The maximum atomic E-state index is 13.6. The zero-order chi connectivity index (χ0) is 26.6. The fraction of sp³-hybridized carbons (Fsp3) is 0.179. The Kier molecular flexibility index (Phi) is 7.71. The average Bonchev–Trinajstić information content (AvgIpc) is 3.52. The fourth-order valence-electron chi connectivity index (χ4n) is 4.48. The first-order chi connectivity index (χ1) is 18.4. The molecule has 7 nitrogen and oxygen atoms in total. The molecule has 0 spiro atoms. The maximum absolute atomic E-state index is 13.6. The quantitative estimate of drug-likeness (QED) is 0.233. The molecule has 2 aromatic heterocycles. The highest BCUT2D eigenvalue weighted by Crippen LogP contribution is 2.41.